The molecule has 84 valence electrons. The molecule has 0 bridgehead atoms. The number of anilines is 3. The van der Waals surface area contributed by atoms with Crippen LogP contribution in [0.4, 0.5) is 17.3 Å². The largest absolute Gasteiger partial charge is 0.396 e. The number of nitrogens with one attached hydrogen (secondary N) is 1. The Labute approximate surface area is 98.9 Å². The van der Waals surface area contributed by atoms with E-state index in [1.54, 1.807) is 12.1 Å². The van der Waals surface area contributed by atoms with Crippen LogP contribution in [0.5, 0.6) is 0 Å². The van der Waals surface area contributed by atoms with E-state index in [1.807, 2.05) is 13.0 Å². The van der Waals surface area contributed by atoms with Gasteiger partial charge in [-0.3, -0.25) is 0 Å². The van der Waals surface area contributed by atoms with Gasteiger partial charge in [-0.2, -0.15) is 5.26 Å². The fourth-order valence-electron chi connectivity index (χ4n) is 1.35. The monoisotopic (exact) mass is 225 g/mol. The summed E-state index contributed by atoms with van der Waals surface area (Å²) in [5.41, 5.74) is 8.43. The van der Waals surface area contributed by atoms with Gasteiger partial charge in [0.1, 0.15) is 0 Å². The molecule has 5 nitrogen and oxygen atoms in total. The number of aryl methyl sites for hydroxylation is 1. The molecule has 0 aliphatic heterocycles. The average Bonchev–Trinajstić information content (AvgIpc) is 2.35. The lowest BCUT2D eigenvalue weighted by Crippen LogP contribution is -1.99. The maximum Gasteiger partial charge on any atom is 0.227 e. The molecule has 0 aliphatic rings. The van der Waals surface area contributed by atoms with Gasteiger partial charge in [0.25, 0.3) is 0 Å². The highest BCUT2D eigenvalue weighted by atomic mass is 15.1. The molecular weight excluding hydrogens is 214 g/mol. The fraction of sp³-hybridized carbons (Fsp3) is 0.0833. The van der Waals surface area contributed by atoms with Gasteiger partial charge in [0, 0.05) is 5.69 Å². The molecular formula is C12H11N5. The van der Waals surface area contributed by atoms with Crippen LogP contribution >= 0.6 is 0 Å². The average molecular weight is 225 g/mol. The Morgan fingerprint density at radius 3 is 2.65 bits per heavy atom. The van der Waals surface area contributed by atoms with Crippen molar-refractivity contribution < 1.29 is 0 Å². The van der Waals surface area contributed by atoms with Gasteiger partial charge in [0.05, 0.1) is 29.7 Å². The normalized spacial score (nSPS) is 9.65. The number of nitriles is 1. The maximum absolute atomic E-state index is 8.83. The van der Waals surface area contributed by atoms with Crippen molar-refractivity contribution in [2.45, 2.75) is 6.92 Å². The standard InChI is InChI=1S/C12H11N5/c1-8-2-3-9(5-13)4-11(8)17-12-15-6-10(14)7-16-12/h2-4,6-7H,14H2,1H3,(H,15,16,17). The number of hydrogen-bond acceptors (Lipinski definition) is 5. The van der Waals surface area contributed by atoms with E-state index in [0.29, 0.717) is 17.2 Å². The fourth-order valence-corrected chi connectivity index (χ4v) is 1.35. The Kier molecular flexibility index (Phi) is 2.88. The Morgan fingerprint density at radius 1 is 1.29 bits per heavy atom. The van der Waals surface area contributed by atoms with E-state index in [0.717, 1.165) is 11.3 Å². The first kappa shape index (κ1) is 10.9. The Morgan fingerprint density at radius 2 is 2.00 bits per heavy atom. The number of aromatic nitrogens is 2. The number of hydrogen-bond donors (Lipinski definition) is 2. The molecule has 0 aliphatic carbocycles. The van der Waals surface area contributed by atoms with Gasteiger partial charge in [-0.25, -0.2) is 9.97 Å². The molecule has 0 saturated carbocycles. The first-order chi connectivity index (χ1) is 8.19. The van der Waals surface area contributed by atoms with Crippen molar-refractivity contribution in [1.82, 2.24) is 9.97 Å². The zero-order valence-electron chi connectivity index (χ0n) is 9.31. The van der Waals surface area contributed by atoms with Crippen LogP contribution in [0.1, 0.15) is 11.1 Å². The van der Waals surface area contributed by atoms with Crippen LogP contribution in [0.15, 0.2) is 30.6 Å². The Bertz CT molecular complexity index is 568. The molecule has 0 atom stereocenters. The molecule has 17 heavy (non-hydrogen) atoms. The van der Waals surface area contributed by atoms with Crippen molar-refractivity contribution in [1.29, 1.82) is 5.26 Å². The van der Waals surface area contributed by atoms with E-state index in [4.69, 9.17) is 11.0 Å². The minimum Gasteiger partial charge on any atom is -0.396 e. The topological polar surface area (TPSA) is 87.6 Å². The summed E-state index contributed by atoms with van der Waals surface area (Å²) in [5.74, 6) is 0.456. The molecule has 1 aromatic carbocycles. The summed E-state index contributed by atoms with van der Waals surface area (Å²) >= 11 is 0. The third kappa shape index (κ3) is 2.49. The molecule has 1 aromatic heterocycles. The SMILES string of the molecule is Cc1ccc(C#N)cc1Nc1ncc(N)cn1. The van der Waals surface area contributed by atoms with Crippen LogP contribution in [0.2, 0.25) is 0 Å². The molecule has 2 aromatic rings. The minimum atomic E-state index is 0.456. The lowest BCUT2D eigenvalue weighted by atomic mass is 10.1. The van der Waals surface area contributed by atoms with Crippen molar-refractivity contribution in [3.05, 3.63) is 41.7 Å². The van der Waals surface area contributed by atoms with Crippen LogP contribution in [-0.4, -0.2) is 9.97 Å². The zero-order chi connectivity index (χ0) is 12.3. The Balaban J connectivity index is 2.29. The van der Waals surface area contributed by atoms with Gasteiger partial charge < -0.3 is 11.1 Å². The van der Waals surface area contributed by atoms with Gasteiger partial charge in [0.15, 0.2) is 0 Å². The van der Waals surface area contributed by atoms with Crippen LogP contribution in [0.25, 0.3) is 0 Å². The molecule has 3 N–H and O–H groups in total. The van der Waals surface area contributed by atoms with Crippen LogP contribution < -0.4 is 11.1 Å². The first-order valence-corrected chi connectivity index (χ1v) is 5.04. The quantitative estimate of drug-likeness (QED) is 0.815. The number of rotatable bonds is 2. The molecule has 0 amide bonds. The summed E-state index contributed by atoms with van der Waals surface area (Å²) in [6.07, 6.45) is 3.05. The molecule has 2 rings (SSSR count). The number of nitrogens with two attached hydrogens (primary N) is 1. The highest BCUT2D eigenvalue weighted by Gasteiger charge is 2.02. The van der Waals surface area contributed by atoms with Crippen LogP contribution in [0.3, 0.4) is 0 Å². The molecule has 0 fully saturated rings. The van der Waals surface area contributed by atoms with E-state index in [2.05, 4.69) is 21.4 Å². The Hall–Kier alpha value is -2.61. The lowest BCUT2D eigenvalue weighted by Gasteiger charge is -2.08. The third-order valence-corrected chi connectivity index (χ3v) is 2.28. The maximum atomic E-state index is 8.83. The highest BCUT2D eigenvalue weighted by molar-refractivity contribution is 5.61. The molecule has 5 heteroatoms. The summed E-state index contributed by atoms with van der Waals surface area (Å²) in [6.45, 7) is 1.95. The summed E-state index contributed by atoms with van der Waals surface area (Å²) in [6, 6.07) is 7.49. The molecule has 0 radical (unpaired) electrons. The second-order valence-corrected chi connectivity index (χ2v) is 3.61. The molecule has 1 heterocycles. The number of nitrogens with zero attached hydrogens (tertiary/aromatic N) is 3. The molecule has 0 unspecified atom stereocenters. The van der Waals surface area contributed by atoms with Crippen molar-refractivity contribution >= 4 is 17.3 Å². The van der Waals surface area contributed by atoms with Gasteiger partial charge in [-0.15, -0.1) is 0 Å². The minimum absolute atomic E-state index is 0.456. The van der Waals surface area contributed by atoms with Gasteiger partial charge in [0.2, 0.25) is 5.95 Å². The summed E-state index contributed by atoms with van der Waals surface area (Å²) in [7, 11) is 0. The van der Waals surface area contributed by atoms with Crippen LogP contribution in [0, 0.1) is 18.3 Å². The second-order valence-electron chi connectivity index (χ2n) is 3.61. The van der Waals surface area contributed by atoms with Gasteiger partial charge in [-0.1, -0.05) is 6.07 Å². The number of benzene rings is 1. The zero-order valence-corrected chi connectivity index (χ0v) is 9.31. The van der Waals surface area contributed by atoms with E-state index < -0.39 is 0 Å². The smallest absolute Gasteiger partial charge is 0.227 e. The van der Waals surface area contributed by atoms with Gasteiger partial charge in [-0.05, 0) is 24.6 Å². The van der Waals surface area contributed by atoms with Crippen molar-refractivity contribution in [3.63, 3.8) is 0 Å². The van der Waals surface area contributed by atoms with E-state index in [1.165, 1.54) is 12.4 Å². The first-order valence-electron chi connectivity index (χ1n) is 5.04. The number of nitrogen functional groups attached to an aromatic ring is 1. The van der Waals surface area contributed by atoms with Gasteiger partial charge >= 0.3 is 0 Å². The van der Waals surface area contributed by atoms with E-state index >= 15 is 0 Å². The predicted molar refractivity (Wildman–Crippen MR) is 65.6 cm³/mol. The highest BCUT2D eigenvalue weighted by Crippen LogP contribution is 2.19. The summed E-state index contributed by atoms with van der Waals surface area (Å²) in [4.78, 5) is 8.08. The summed E-state index contributed by atoms with van der Waals surface area (Å²) in [5, 5.41) is 11.9. The van der Waals surface area contributed by atoms with Crippen molar-refractivity contribution in [2.24, 2.45) is 0 Å². The lowest BCUT2D eigenvalue weighted by molar-refractivity contribution is 1.17. The van der Waals surface area contributed by atoms with Crippen molar-refractivity contribution in [2.75, 3.05) is 11.1 Å². The predicted octanol–water partition coefficient (Wildman–Crippen LogP) is 1.98. The third-order valence-electron chi connectivity index (χ3n) is 2.28. The van der Waals surface area contributed by atoms with E-state index in [9.17, 15) is 0 Å². The van der Waals surface area contributed by atoms with Crippen molar-refractivity contribution in [3.8, 4) is 6.07 Å². The van der Waals surface area contributed by atoms with E-state index in [-0.39, 0.29) is 0 Å². The van der Waals surface area contributed by atoms with Crippen LogP contribution in [-0.2, 0) is 0 Å². The summed E-state index contributed by atoms with van der Waals surface area (Å²) < 4.78 is 0. The molecule has 0 spiro atoms. The second kappa shape index (κ2) is 4.49. The molecule has 0 saturated heterocycles.